The van der Waals surface area contributed by atoms with Crippen LogP contribution in [0.5, 0.6) is 0 Å². The van der Waals surface area contributed by atoms with Gasteiger partial charge in [-0.3, -0.25) is 9.59 Å². The van der Waals surface area contributed by atoms with E-state index in [0.717, 1.165) is 65.0 Å². The fourth-order valence-corrected chi connectivity index (χ4v) is 2.50. The van der Waals surface area contributed by atoms with Crippen LogP contribution in [0.4, 0.5) is 0 Å². The highest BCUT2D eigenvalue weighted by Crippen LogP contribution is 2.28. The minimum Gasteiger partial charge on any atom is -0.356 e. The molecule has 21 heavy (non-hydrogen) atoms. The molecule has 2 rings (SSSR count). The quantitative estimate of drug-likeness (QED) is 0.511. The van der Waals surface area contributed by atoms with Gasteiger partial charge in [0.15, 0.2) is 0 Å². The molecule has 2 fully saturated rings. The van der Waals surface area contributed by atoms with E-state index in [9.17, 15) is 9.59 Å². The maximum Gasteiger partial charge on any atom is 0.223 e. The molecule has 2 amide bonds. The molecule has 0 bridgehead atoms. The average Bonchev–Trinajstić information content (AvgIpc) is 3.34. The van der Waals surface area contributed by atoms with Crippen LogP contribution in [0.2, 0.25) is 0 Å². The molecule has 1 saturated heterocycles. The summed E-state index contributed by atoms with van der Waals surface area (Å²) in [5.41, 5.74) is 0. The molecule has 0 atom stereocenters. The van der Waals surface area contributed by atoms with Gasteiger partial charge in [-0.25, -0.2) is 0 Å². The van der Waals surface area contributed by atoms with E-state index in [2.05, 4.69) is 20.9 Å². The predicted molar refractivity (Wildman–Crippen MR) is 81.9 cm³/mol. The lowest BCUT2D eigenvalue weighted by molar-refractivity contribution is -0.123. The first-order valence-corrected chi connectivity index (χ1v) is 8.23. The SMILES string of the molecule is O=C(CCCNC(=O)C1CC1)NCCCN1CCNCC1. The van der Waals surface area contributed by atoms with Crippen molar-refractivity contribution in [2.75, 3.05) is 45.8 Å². The summed E-state index contributed by atoms with van der Waals surface area (Å²) in [4.78, 5) is 25.5. The van der Waals surface area contributed by atoms with E-state index in [4.69, 9.17) is 0 Å². The lowest BCUT2D eigenvalue weighted by Crippen LogP contribution is -2.44. The molecular formula is C15H28N4O2. The second kappa shape index (κ2) is 9.00. The topological polar surface area (TPSA) is 73.5 Å². The molecule has 1 saturated carbocycles. The lowest BCUT2D eigenvalue weighted by atomic mass is 10.2. The van der Waals surface area contributed by atoms with Gasteiger partial charge < -0.3 is 20.9 Å². The van der Waals surface area contributed by atoms with Gasteiger partial charge in [-0.15, -0.1) is 0 Å². The van der Waals surface area contributed by atoms with Crippen molar-refractivity contribution >= 4 is 11.8 Å². The molecule has 1 heterocycles. The summed E-state index contributed by atoms with van der Waals surface area (Å²) in [6.07, 6.45) is 4.28. The van der Waals surface area contributed by atoms with E-state index in [1.165, 1.54) is 0 Å². The zero-order chi connectivity index (χ0) is 14.9. The first-order valence-electron chi connectivity index (χ1n) is 8.23. The van der Waals surface area contributed by atoms with Crippen LogP contribution in [-0.4, -0.2) is 62.5 Å². The standard InChI is InChI=1S/C15H28N4O2/c20-14(3-1-6-18-15(21)13-4-5-13)17-7-2-10-19-11-8-16-9-12-19/h13,16H,1-12H2,(H,17,20)(H,18,21). The van der Waals surface area contributed by atoms with Crippen molar-refractivity contribution in [2.24, 2.45) is 5.92 Å². The van der Waals surface area contributed by atoms with Crippen molar-refractivity contribution in [3.05, 3.63) is 0 Å². The van der Waals surface area contributed by atoms with Gasteiger partial charge in [0.25, 0.3) is 0 Å². The Morgan fingerprint density at radius 1 is 1.05 bits per heavy atom. The van der Waals surface area contributed by atoms with Gasteiger partial charge in [0, 0.05) is 51.6 Å². The van der Waals surface area contributed by atoms with Gasteiger partial charge in [-0.1, -0.05) is 0 Å². The molecule has 0 unspecified atom stereocenters. The Kier molecular flexibility index (Phi) is 6.95. The van der Waals surface area contributed by atoms with Crippen LogP contribution in [-0.2, 0) is 9.59 Å². The molecule has 0 radical (unpaired) electrons. The Hall–Kier alpha value is -1.14. The van der Waals surface area contributed by atoms with Crippen LogP contribution in [0.25, 0.3) is 0 Å². The third-order valence-electron chi connectivity index (χ3n) is 4.01. The van der Waals surface area contributed by atoms with E-state index in [-0.39, 0.29) is 17.7 Å². The van der Waals surface area contributed by atoms with Crippen LogP contribution >= 0.6 is 0 Å². The summed E-state index contributed by atoms with van der Waals surface area (Å²) in [7, 11) is 0. The van der Waals surface area contributed by atoms with Gasteiger partial charge >= 0.3 is 0 Å². The minimum absolute atomic E-state index is 0.0935. The predicted octanol–water partition coefficient (Wildman–Crippen LogP) is -0.296. The summed E-state index contributed by atoms with van der Waals surface area (Å²) in [5.74, 6) is 0.506. The van der Waals surface area contributed by atoms with Crippen molar-refractivity contribution in [1.82, 2.24) is 20.9 Å². The van der Waals surface area contributed by atoms with Crippen LogP contribution in [0, 0.1) is 5.92 Å². The van der Waals surface area contributed by atoms with E-state index >= 15 is 0 Å². The molecule has 2 aliphatic rings. The summed E-state index contributed by atoms with van der Waals surface area (Å²) in [6, 6.07) is 0. The zero-order valence-corrected chi connectivity index (χ0v) is 12.8. The van der Waals surface area contributed by atoms with Gasteiger partial charge in [0.1, 0.15) is 0 Å². The van der Waals surface area contributed by atoms with Crippen LogP contribution in [0.3, 0.4) is 0 Å². The molecule has 3 N–H and O–H groups in total. The van der Waals surface area contributed by atoms with Crippen molar-refractivity contribution in [1.29, 1.82) is 0 Å². The third-order valence-corrected chi connectivity index (χ3v) is 4.01. The van der Waals surface area contributed by atoms with E-state index in [1.54, 1.807) is 0 Å². The first-order chi connectivity index (χ1) is 10.3. The monoisotopic (exact) mass is 296 g/mol. The summed E-state index contributed by atoms with van der Waals surface area (Å²) >= 11 is 0. The maximum absolute atomic E-state index is 11.6. The Morgan fingerprint density at radius 2 is 1.76 bits per heavy atom. The zero-order valence-electron chi connectivity index (χ0n) is 12.8. The molecule has 1 aliphatic carbocycles. The fourth-order valence-electron chi connectivity index (χ4n) is 2.50. The number of carbonyl (C=O) groups excluding carboxylic acids is 2. The molecule has 0 spiro atoms. The third kappa shape index (κ3) is 6.91. The summed E-state index contributed by atoms with van der Waals surface area (Å²) in [6.45, 7) is 6.77. The normalized spacial score (nSPS) is 19.2. The van der Waals surface area contributed by atoms with Crippen LogP contribution in [0.1, 0.15) is 32.1 Å². The van der Waals surface area contributed by atoms with Gasteiger partial charge in [0.05, 0.1) is 0 Å². The van der Waals surface area contributed by atoms with Crippen molar-refractivity contribution in [3.63, 3.8) is 0 Å². The number of hydrogen-bond acceptors (Lipinski definition) is 4. The highest BCUT2D eigenvalue weighted by atomic mass is 16.2. The van der Waals surface area contributed by atoms with Crippen molar-refractivity contribution in [2.45, 2.75) is 32.1 Å². The highest BCUT2D eigenvalue weighted by Gasteiger charge is 2.28. The highest BCUT2D eigenvalue weighted by molar-refractivity contribution is 5.81. The lowest BCUT2D eigenvalue weighted by Gasteiger charge is -2.27. The summed E-state index contributed by atoms with van der Waals surface area (Å²) in [5, 5.41) is 9.16. The smallest absolute Gasteiger partial charge is 0.223 e. The number of hydrogen-bond donors (Lipinski definition) is 3. The van der Waals surface area contributed by atoms with Gasteiger partial charge in [-0.2, -0.15) is 0 Å². The van der Waals surface area contributed by atoms with Crippen LogP contribution < -0.4 is 16.0 Å². The van der Waals surface area contributed by atoms with E-state index < -0.39 is 0 Å². The second-order valence-corrected chi connectivity index (χ2v) is 5.96. The number of nitrogens with zero attached hydrogens (tertiary/aromatic N) is 1. The number of piperazine rings is 1. The minimum atomic E-state index is 0.0935. The Bertz CT molecular complexity index is 339. The largest absolute Gasteiger partial charge is 0.356 e. The van der Waals surface area contributed by atoms with Gasteiger partial charge in [-0.05, 0) is 32.2 Å². The van der Waals surface area contributed by atoms with Gasteiger partial charge in [0.2, 0.25) is 11.8 Å². The Labute approximate surface area is 127 Å². The first kappa shape index (κ1) is 16.2. The maximum atomic E-state index is 11.6. The van der Waals surface area contributed by atoms with Crippen molar-refractivity contribution < 1.29 is 9.59 Å². The summed E-state index contributed by atoms with van der Waals surface area (Å²) < 4.78 is 0. The van der Waals surface area contributed by atoms with Crippen LogP contribution in [0.15, 0.2) is 0 Å². The molecule has 6 nitrogen and oxygen atoms in total. The molecule has 1 aliphatic heterocycles. The molecule has 6 heteroatoms. The number of amides is 2. The van der Waals surface area contributed by atoms with E-state index in [1.807, 2.05) is 0 Å². The second-order valence-electron chi connectivity index (χ2n) is 5.96. The molecule has 120 valence electrons. The molecule has 0 aromatic rings. The number of rotatable bonds is 9. The molecule has 0 aromatic carbocycles. The molecule has 0 aromatic heterocycles. The number of carbonyl (C=O) groups is 2. The van der Waals surface area contributed by atoms with E-state index in [0.29, 0.717) is 13.0 Å². The Morgan fingerprint density at radius 3 is 2.48 bits per heavy atom. The molecular weight excluding hydrogens is 268 g/mol. The number of nitrogens with one attached hydrogen (secondary N) is 3. The van der Waals surface area contributed by atoms with Crippen molar-refractivity contribution in [3.8, 4) is 0 Å². The fraction of sp³-hybridized carbons (Fsp3) is 0.867. The Balaban J connectivity index is 1.39. The average molecular weight is 296 g/mol.